The zero-order chi connectivity index (χ0) is 19.4. The molecule has 0 bridgehead atoms. The monoisotopic (exact) mass is 361 g/mol. The average molecular weight is 361 g/mol. The normalized spacial score (nSPS) is 14.8. The third-order valence-electron chi connectivity index (χ3n) is 4.88. The zero-order valence-electron chi connectivity index (χ0n) is 16.4. The van der Waals surface area contributed by atoms with Crippen molar-refractivity contribution in [1.82, 2.24) is 0 Å². The fraction of sp³-hybridized carbons (Fsp3) is 0.333. The van der Waals surface area contributed by atoms with E-state index in [9.17, 15) is 9.59 Å². The first-order chi connectivity index (χ1) is 12.9. The van der Waals surface area contributed by atoms with Crippen LogP contribution < -0.4 is 4.90 Å². The lowest BCUT2D eigenvalue weighted by Gasteiger charge is -2.34. The van der Waals surface area contributed by atoms with Crippen LogP contribution in [0.5, 0.6) is 0 Å². The molecule has 0 aromatic heterocycles. The SMILES string of the molecule is CC(C)(C)C(=O)N(C1=C(C(=O)c2ccccc2)CCCC1)c1ccccc1. The van der Waals surface area contributed by atoms with Crippen LogP contribution in [0, 0.1) is 5.41 Å². The van der Waals surface area contributed by atoms with Crippen molar-refractivity contribution < 1.29 is 9.59 Å². The summed E-state index contributed by atoms with van der Waals surface area (Å²) < 4.78 is 0. The van der Waals surface area contributed by atoms with E-state index >= 15 is 0 Å². The van der Waals surface area contributed by atoms with E-state index in [4.69, 9.17) is 0 Å². The number of ketones is 1. The molecule has 0 aliphatic heterocycles. The van der Waals surface area contributed by atoms with Crippen molar-refractivity contribution >= 4 is 17.4 Å². The minimum atomic E-state index is -0.540. The molecule has 3 rings (SSSR count). The highest BCUT2D eigenvalue weighted by Gasteiger charge is 2.34. The van der Waals surface area contributed by atoms with E-state index in [0.717, 1.165) is 36.2 Å². The predicted octanol–water partition coefficient (Wildman–Crippen LogP) is 5.78. The van der Waals surface area contributed by atoms with E-state index < -0.39 is 5.41 Å². The van der Waals surface area contributed by atoms with Gasteiger partial charge >= 0.3 is 0 Å². The van der Waals surface area contributed by atoms with Crippen LogP contribution in [0.15, 0.2) is 71.9 Å². The second-order valence-corrected chi connectivity index (χ2v) is 8.05. The number of rotatable bonds is 4. The second-order valence-electron chi connectivity index (χ2n) is 8.05. The summed E-state index contributed by atoms with van der Waals surface area (Å²) in [5, 5.41) is 0. The van der Waals surface area contributed by atoms with Gasteiger partial charge in [-0.3, -0.25) is 14.5 Å². The maximum Gasteiger partial charge on any atom is 0.236 e. The van der Waals surface area contributed by atoms with Crippen LogP contribution >= 0.6 is 0 Å². The van der Waals surface area contributed by atoms with Gasteiger partial charge < -0.3 is 0 Å². The van der Waals surface area contributed by atoms with Crippen LogP contribution in [0.2, 0.25) is 0 Å². The first-order valence-electron chi connectivity index (χ1n) is 9.61. The van der Waals surface area contributed by atoms with Gasteiger partial charge in [-0.2, -0.15) is 0 Å². The molecule has 140 valence electrons. The van der Waals surface area contributed by atoms with Crippen molar-refractivity contribution in [2.24, 2.45) is 5.41 Å². The third kappa shape index (κ3) is 4.19. The van der Waals surface area contributed by atoms with Crippen LogP contribution in [-0.4, -0.2) is 11.7 Å². The van der Waals surface area contributed by atoms with Gasteiger partial charge in [0.05, 0.1) is 0 Å². The lowest BCUT2D eigenvalue weighted by molar-refractivity contribution is -0.125. The van der Waals surface area contributed by atoms with Crippen LogP contribution in [-0.2, 0) is 4.79 Å². The molecule has 1 amide bonds. The second kappa shape index (κ2) is 7.91. The maximum atomic E-state index is 13.3. The number of carbonyl (C=O) groups excluding carboxylic acids is 2. The molecule has 0 heterocycles. The number of amides is 1. The Morgan fingerprint density at radius 3 is 1.96 bits per heavy atom. The summed E-state index contributed by atoms with van der Waals surface area (Å²) in [6.45, 7) is 5.77. The zero-order valence-corrected chi connectivity index (χ0v) is 16.4. The summed E-state index contributed by atoms with van der Waals surface area (Å²) >= 11 is 0. The first kappa shape index (κ1) is 19.1. The number of anilines is 1. The Labute approximate surface area is 161 Å². The number of hydrogen-bond donors (Lipinski definition) is 0. The maximum absolute atomic E-state index is 13.3. The number of para-hydroxylation sites is 1. The molecule has 2 aromatic carbocycles. The van der Waals surface area contributed by atoms with Crippen LogP contribution in [0.4, 0.5) is 5.69 Å². The minimum Gasteiger partial charge on any atom is -0.289 e. The van der Waals surface area contributed by atoms with Gasteiger partial charge in [-0.15, -0.1) is 0 Å². The summed E-state index contributed by atoms with van der Waals surface area (Å²) in [7, 11) is 0. The smallest absolute Gasteiger partial charge is 0.236 e. The molecule has 0 spiro atoms. The summed E-state index contributed by atoms with van der Waals surface area (Å²) in [5.41, 5.74) is 2.60. The quantitative estimate of drug-likeness (QED) is 0.648. The molecular weight excluding hydrogens is 334 g/mol. The van der Waals surface area contributed by atoms with Crippen LogP contribution in [0.1, 0.15) is 56.8 Å². The number of carbonyl (C=O) groups is 2. The highest BCUT2D eigenvalue weighted by molar-refractivity contribution is 6.11. The fourth-order valence-electron chi connectivity index (χ4n) is 3.45. The Bertz CT molecular complexity index is 845. The molecule has 3 nitrogen and oxygen atoms in total. The highest BCUT2D eigenvalue weighted by atomic mass is 16.2. The molecule has 3 heteroatoms. The summed E-state index contributed by atoms with van der Waals surface area (Å²) in [5.74, 6) is 0.0527. The molecule has 0 atom stereocenters. The van der Waals surface area contributed by atoms with Crippen LogP contribution in [0.25, 0.3) is 0 Å². The van der Waals surface area contributed by atoms with Gasteiger partial charge in [-0.05, 0) is 37.8 Å². The third-order valence-corrected chi connectivity index (χ3v) is 4.88. The molecule has 1 aliphatic carbocycles. The summed E-state index contributed by atoms with van der Waals surface area (Å²) in [6.07, 6.45) is 3.42. The topological polar surface area (TPSA) is 37.4 Å². The van der Waals surface area contributed by atoms with E-state index in [0.29, 0.717) is 12.0 Å². The van der Waals surface area contributed by atoms with E-state index in [1.165, 1.54) is 0 Å². The van der Waals surface area contributed by atoms with Crippen molar-refractivity contribution in [2.45, 2.75) is 46.5 Å². The molecule has 27 heavy (non-hydrogen) atoms. The van der Waals surface area contributed by atoms with Gasteiger partial charge in [0.25, 0.3) is 0 Å². The number of Topliss-reactive ketones (excluding diaryl/α,β-unsaturated/α-hetero) is 1. The molecular formula is C24H27NO2. The van der Waals surface area contributed by atoms with Crippen molar-refractivity contribution in [3.8, 4) is 0 Å². The molecule has 2 aromatic rings. The van der Waals surface area contributed by atoms with Crippen molar-refractivity contribution in [3.05, 3.63) is 77.5 Å². The molecule has 0 saturated carbocycles. The molecule has 0 radical (unpaired) electrons. The highest BCUT2D eigenvalue weighted by Crippen LogP contribution is 2.35. The Hall–Kier alpha value is -2.68. The molecule has 0 saturated heterocycles. The standard InChI is InChI=1S/C24H27NO2/c1-24(2,3)23(27)25(19-14-8-5-9-15-19)21-17-11-10-16-20(21)22(26)18-12-6-4-7-13-18/h4-9,12-15H,10-11,16-17H2,1-3H3. The van der Waals surface area contributed by atoms with Gasteiger partial charge in [0, 0.05) is 27.9 Å². The van der Waals surface area contributed by atoms with Gasteiger partial charge in [-0.25, -0.2) is 0 Å². The van der Waals surface area contributed by atoms with Gasteiger partial charge in [-0.1, -0.05) is 69.3 Å². The van der Waals surface area contributed by atoms with Gasteiger partial charge in [0.15, 0.2) is 5.78 Å². The Morgan fingerprint density at radius 1 is 0.815 bits per heavy atom. The summed E-state index contributed by atoms with van der Waals surface area (Å²) in [6, 6.07) is 19.0. The lowest BCUT2D eigenvalue weighted by atomic mass is 9.87. The number of benzene rings is 2. The fourth-order valence-corrected chi connectivity index (χ4v) is 3.45. The predicted molar refractivity (Wildman–Crippen MR) is 110 cm³/mol. The van der Waals surface area contributed by atoms with Gasteiger partial charge in [0.2, 0.25) is 5.91 Å². The van der Waals surface area contributed by atoms with E-state index in [2.05, 4.69) is 0 Å². The first-order valence-corrected chi connectivity index (χ1v) is 9.61. The number of allylic oxidation sites excluding steroid dienone is 2. The van der Waals surface area contributed by atoms with Crippen LogP contribution in [0.3, 0.4) is 0 Å². The number of nitrogens with zero attached hydrogens (tertiary/aromatic N) is 1. The van der Waals surface area contributed by atoms with E-state index in [-0.39, 0.29) is 11.7 Å². The van der Waals surface area contributed by atoms with Crippen molar-refractivity contribution in [1.29, 1.82) is 0 Å². The lowest BCUT2D eigenvalue weighted by Crippen LogP contribution is -2.40. The molecule has 0 N–H and O–H groups in total. The van der Waals surface area contributed by atoms with Gasteiger partial charge in [0.1, 0.15) is 0 Å². The Morgan fingerprint density at radius 2 is 1.37 bits per heavy atom. The molecule has 0 unspecified atom stereocenters. The van der Waals surface area contributed by atoms with E-state index in [1.54, 1.807) is 4.90 Å². The Kier molecular flexibility index (Phi) is 5.59. The average Bonchev–Trinajstić information content (AvgIpc) is 2.69. The van der Waals surface area contributed by atoms with Crippen molar-refractivity contribution in [2.75, 3.05) is 4.90 Å². The van der Waals surface area contributed by atoms with E-state index in [1.807, 2.05) is 81.4 Å². The number of hydrogen-bond acceptors (Lipinski definition) is 2. The van der Waals surface area contributed by atoms with Crippen molar-refractivity contribution in [3.63, 3.8) is 0 Å². The largest absolute Gasteiger partial charge is 0.289 e. The molecule has 1 aliphatic rings. The minimum absolute atomic E-state index is 0.0176. The molecule has 0 fully saturated rings. The summed E-state index contributed by atoms with van der Waals surface area (Å²) in [4.78, 5) is 28.4. The Balaban J connectivity index is 2.14.